The topological polar surface area (TPSA) is 85.8 Å². The van der Waals surface area contributed by atoms with Gasteiger partial charge in [-0.2, -0.15) is 5.10 Å². The Balaban J connectivity index is 1.61. The van der Waals surface area contributed by atoms with Crippen molar-refractivity contribution in [1.82, 2.24) is 20.0 Å². The minimum absolute atomic E-state index is 0.163. The van der Waals surface area contributed by atoms with E-state index in [-0.39, 0.29) is 11.4 Å². The predicted octanol–water partition coefficient (Wildman–Crippen LogP) is 5.09. The van der Waals surface area contributed by atoms with E-state index in [2.05, 4.69) is 41.4 Å². The van der Waals surface area contributed by atoms with Crippen LogP contribution in [0.1, 0.15) is 41.9 Å². The highest BCUT2D eigenvalue weighted by molar-refractivity contribution is 8.00. The van der Waals surface area contributed by atoms with Crippen LogP contribution in [0.25, 0.3) is 11.0 Å². The minimum Gasteiger partial charge on any atom is -0.451 e. The molecule has 4 rings (SSSR count). The zero-order valence-electron chi connectivity index (χ0n) is 16.6. The summed E-state index contributed by atoms with van der Waals surface area (Å²) in [6.07, 6.45) is 3.46. The third kappa shape index (κ3) is 4.20. The number of fused-ring (bicyclic) bond motifs is 1. The van der Waals surface area contributed by atoms with E-state index in [1.54, 1.807) is 18.0 Å². The lowest BCUT2D eigenvalue weighted by Crippen LogP contribution is -2.22. The van der Waals surface area contributed by atoms with E-state index < -0.39 is 0 Å². The first-order valence-electron chi connectivity index (χ1n) is 9.11. The van der Waals surface area contributed by atoms with Crippen LogP contribution in [-0.2, 0) is 11.3 Å². The van der Waals surface area contributed by atoms with Crippen LogP contribution in [0.2, 0.25) is 0 Å². The maximum atomic E-state index is 13.0. The molecule has 0 saturated carbocycles. The van der Waals surface area contributed by atoms with E-state index in [1.165, 1.54) is 11.3 Å². The fourth-order valence-corrected chi connectivity index (χ4v) is 4.68. The van der Waals surface area contributed by atoms with Crippen LogP contribution in [0.5, 0.6) is 0 Å². The number of anilines is 1. The molecule has 9 heteroatoms. The normalized spacial score (nSPS) is 11.9. The lowest BCUT2D eigenvalue weighted by Gasteiger charge is -2.18. The SMILES string of the molecule is Cc1nnc(SCc2c(C(=O)Nc3cnn(C(C)(C)C)c3)oc3ccccc23)s1. The fraction of sp³-hybridized carbons (Fsp3) is 0.300. The Morgan fingerprint density at radius 1 is 1.28 bits per heavy atom. The summed E-state index contributed by atoms with van der Waals surface area (Å²) in [6.45, 7) is 8.08. The highest BCUT2D eigenvalue weighted by Crippen LogP contribution is 2.33. The van der Waals surface area contributed by atoms with Gasteiger partial charge in [-0.1, -0.05) is 41.3 Å². The van der Waals surface area contributed by atoms with Gasteiger partial charge in [0.2, 0.25) is 0 Å². The van der Waals surface area contributed by atoms with Crippen molar-refractivity contribution in [2.45, 2.75) is 43.3 Å². The van der Waals surface area contributed by atoms with Gasteiger partial charge in [0.25, 0.3) is 5.91 Å². The number of amides is 1. The number of benzene rings is 1. The largest absolute Gasteiger partial charge is 0.451 e. The van der Waals surface area contributed by atoms with Crippen LogP contribution < -0.4 is 5.32 Å². The molecule has 0 saturated heterocycles. The molecular weight excluding hydrogens is 406 g/mol. The van der Waals surface area contributed by atoms with E-state index >= 15 is 0 Å². The molecule has 3 heterocycles. The molecule has 3 aromatic heterocycles. The molecule has 1 amide bonds. The Morgan fingerprint density at radius 3 is 2.76 bits per heavy atom. The summed E-state index contributed by atoms with van der Waals surface area (Å²) in [5, 5.41) is 17.3. The van der Waals surface area contributed by atoms with Gasteiger partial charge in [-0.05, 0) is 33.8 Å². The van der Waals surface area contributed by atoms with Gasteiger partial charge in [0.05, 0.1) is 17.4 Å². The smallest absolute Gasteiger partial charge is 0.291 e. The summed E-state index contributed by atoms with van der Waals surface area (Å²) in [5.41, 5.74) is 2.00. The number of carbonyl (C=O) groups is 1. The van der Waals surface area contributed by atoms with E-state index in [1.807, 2.05) is 42.1 Å². The molecule has 0 bridgehead atoms. The summed E-state index contributed by atoms with van der Waals surface area (Å²) >= 11 is 3.08. The Labute approximate surface area is 176 Å². The molecule has 0 aliphatic rings. The number of rotatable bonds is 5. The summed E-state index contributed by atoms with van der Waals surface area (Å²) in [7, 11) is 0. The van der Waals surface area contributed by atoms with Gasteiger partial charge >= 0.3 is 0 Å². The van der Waals surface area contributed by atoms with Crippen molar-refractivity contribution in [2.75, 3.05) is 5.32 Å². The van der Waals surface area contributed by atoms with Crippen LogP contribution in [0.3, 0.4) is 0 Å². The first-order chi connectivity index (χ1) is 13.8. The minimum atomic E-state index is -0.293. The molecule has 0 radical (unpaired) electrons. The third-order valence-electron chi connectivity index (χ3n) is 4.28. The summed E-state index contributed by atoms with van der Waals surface area (Å²) in [4.78, 5) is 13.0. The molecule has 0 fully saturated rings. The summed E-state index contributed by atoms with van der Waals surface area (Å²) in [6, 6.07) is 7.67. The number of para-hydroxylation sites is 1. The number of thioether (sulfide) groups is 1. The second kappa shape index (κ2) is 7.64. The lowest BCUT2D eigenvalue weighted by atomic mass is 10.1. The Hall–Kier alpha value is -2.65. The van der Waals surface area contributed by atoms with E-state index in [4.69, 9.17) is 4.42 Å². The molecule has 0 spiro atoms. The highest BCUT2D eigenvalue weighted by atomic mass is 32.2. The van der Waals surface area contributed by atoms with Gasteiger partial charge in [0.1, 0.15) is 10.6 Å². The maximum Gasteiger partial charge on any atom is 0.291 e. The average molecular weight is 428 g/mol. The first-order valence-corrected chi connectivity index (χ1v) is 10.9. The van der Waals surface area contributed by atoms with Crippen molar-refractivity contribution >= 4 is 45.7 Å². The van der Waals surface area contributed by atoms with E-state index in [0.717, 1.165) is 20.3 Å². The molecule has 0 aliphatic heterocycles. The molecule has 1 aromatic carbocycles. The fourth-order valence-electron chi connectivity index (χ4n) is 2.84. The third-order valence-corrected chi connectivity index (χ3v) is 6.28. The number of nitrogens with zero attached hydrogens (tertiary/aromatic N) is 4. The molecule has 29 heavy (non-hydrogen) atoms. The van der Waals surface area contributed by atoms with E-state index in [0.29, 0.717) is 22.8 Å². The number of hydrogen-bond donors (Lipinski definition) is 1. The predicted molar refractivity (Wildman–Crippen MR) is 116 cm³/mol. The van der Waals surface area contributed by atoms with Gasteiger partial charge in [-0.15, -0.1) is 10.2 Å². The second-order valence-electron chi connectivity index (χ2n) is 7.58. The van der Waals surface area contributed by atoms with Crippen LogP contribution >= 0.6 is 23.1 Å². The molecule has 150 valence electrons. The molecule has 0 atom stereocenters. The Kier molecular flexibility index (Phi) is 5.18. The summed E-state index contributed by atoms with van der Waals surface area (Å²) in [5.74, 6) is 0.581. The van der Waals surface area contributed by atoms with Crippen LogP contribution in [0.4, 0.5) is 5.69 Å². The quantitative estimate of drug-likeness (QED) is 0.447. The monoisotopic (exact) mass is 427 g/mol. The van der Waals surface area contributed by atoms with Crippen LogP contribution in [0, 0.1) is 6.92 Å². The van der Waals surface area contributed by atoms with Crippen molar-refractivity contribution in [3.63, 3.8) is 0 Å². The number of aromatic nitrogens is 4. The number of carbonyl (C=O) groups excluding carboxylic acids is 1. The van der Waals surface area contributed by atoms with Crippen molar-refractivity contribution in [2.24, 2.45) is 0 Å². The molecular formula is C20H21N5O2S2. The standard InChI is InChI=1S/C20H21N5O2S2/c1-12-23-24-19(29-12)28-11-15-14-7-5-6-8-16(14)27-17(15)18(26)22-13-9-21-25(10-13)20(2,3)4/h5-10H,11H2,1-4H3,(H,22,26). The van der Waals surface area contributed by atoms with Gasteiger partial charge in [-0.3, -0.25) is 9.48 Å². The van der Waals surface area contributed by atoms with Gasteiger partial charge in [-0.25, -0.2) is 0 Å². The van der Waals surface area contributed by atoms with Crippen molar-refractivity contribution in [3.05, 3.63) is 53.0 Å². The molecule has 0 aliphatic carbocycles. The van der Waals surface area contributed by atoms with Crippen molar-refractivity contribution < 1.29 is 9.21 Å². The Bertz CT molecular complexity index is 1170. The number of hydrogen-bond acceptors (Lipinski definition) is 7. The maximum absolute atomic E-state index is 13.0. The molecule has 7 nitrogen and oxygen atoms in total. The highest BCUT2D eigenvalue weighted by Gasteiger charge is 2.22. The zero-order valence-corrected chi connectivity index (χ0v) is 18.2. The van der Waals surface area contributed by atoms with Gasteiger partial charge in [0.15, 0.2) is 10.1 Å². The number of furan rings is 1. The molecule has 4 aromatic rings. The number of nitrogens with one attached hydrogen (secondary N) is 1. The van der Waals surface area contributed by atoms with Crippen molar-refractivity contribution in [3.8, 4) is 0 Å². The Morgan fingerprint density at radius 2 is 2.07 bits per heavy atom. The zero-order chi connectivity index (χ0) is 20.6. The van der Waals surface area contributed by atoms with E-state index in [9.17, 15) is 4.79 Å². The second-order valence-corrected chi connectivity index (χ2v) is 9.98. The average Bonchev–Trinajstić information content (AvgIpc) is 3.38. The lowest BCUT2D eigenvalue weighted by molar-refractivity contribution is 0.0997. The molecule has 0 unspecified atom stereocenters. The first kappa shape index (κ1) is 19.7. The van der Waals surface area contributed by atoms with Crippen molar-refractivity contribution in [1.29, 1.82) is 0 Å². The van der Waals surface area contributed by atoms with Gasteiger partial charge < -0.3 is 9.73 Å². The van der Waals surface area contributed by atoms with Crippen LogP contribution in [0.15, 0.2) is 45.4 Å². The van der Waals surface area contributed by atoms with Crippen LogP contribution in [-0.4, -0.2) is 25.9 Å². The number of aryl methyl sites for hydroxylation is 1. The molecule has 1 N–H and O–H groups in total. The van der Waals surface area contributed by atoms with Gasteiger partial charge in [0, 0.05) is 22.9 Å². The summed E-state index contributed by atoms with van der Waals surface area (Å²) < 4.78 is 8.60.